The zero-order valence-corrected chi connectivity index (χ0v) is 12.6. The minimum absolute atomic E-state index is 0.610. The number of nitrogens with zero attached hydrogens (tertiary/aromatic N) is 1. The van der Waals surface area contributed by atoms with Crippen LogP contribution in [0, 0.1) is 5.41 Å². The molecule has 2 aliphatic carbocycles. The zero-order chi connectivity index (χ0) is 14.4. The summed E-state index contributed by atoms with van der Waals surface area (Å²) in [4.78, 5) is 0. The van der Waals surface area contributed by atoms with E-state index in [1.165, 1.54) is 37.7 Å². The summed E-state index contributed by atoms with van der Waals surface area (Å²) in [6, 6.07) is 6.64. The molecule has 4 heteroatoms. The van der Waals surface area contributed by atoms with Gasteiger partial charge in [0, 0.05) is 18.3 Å². The largest absolute Gasteiger partial charge is 0.494 e. The number of nitrogen functional groups attached to an aromatic ring is 1. The highest BCUT2D eigenvalue weighted by Gasteiger charge is 2.54. The van der Waals surface area contributed by atoms with E-state index >= 15 is 0 Å². The predicted octanol–water partition coefficient (Wildman–Crippen LogP) is 2.77. The van der Waals surface area contributed by atoms with Crippen LogP contribution < -0.4 is 15.9 Å². The Balaban J connectivity index is 1.62. The van der Waals surface area contributed by atoms with Gasteiger partial charge >= 0.3 is 0 Å². The first-order chi connectivity index (χ1) is 10.2. The van der Waals surface area contributed by atoms with E-state index in [9.17, 15) is 0 Å². The minimum Gasteiger partial charge on any atom is -0.494 e. The summed E-state index contributed by atoms with van der Waals surface area (Å²) in [6.07, 6.45) is 9.16. The lowest BCUT2D eigenvalue weighted by Gasteiger charge is -2.29. The molecule has 1 spiro atoms. The zero-order valence-electron chi connectivity index (χ0n) is 12.6. The predicted molar refractivity (Wildman–Crippen MR) is 84.5 cm³/mol. The average Bonchev–Trinajstić information content (AvgIpc) is 2.92. The monoisotopic (exact) mass is 285 g/mol. The maximum atomic E-state index is 6.02. The molecule has 3 N–H and O–H groups in total. The van der Waals surface area contributed by atoms with Crippen molar-refractivity contribution >= 4 is 11.3 Å². The second kappa shape index (κ2) is 4.67. The fourth-order valence-corrected chi connectivity index (χ4v) is 4.13. The van der Waals surface area contributed by atoms with Crippen LogP contribution in [-0.2, 0) is 0 Å². The van der Waals surface area contributed by atoms with Gasteiger partial charge in [-0.1, -0.05) is 18.6 Å². The van der Waals surface area contributed by atoms with Gasteiger partial charge in [-0.3, -0.25) is 0 Å². The lowest BCUT2D eigenvalue weighted by molar-refractivity contribution is 0.168. The molecule has 1 heterocycles. The van der Waals surface area contributed by atoms with Crippen molar-refractivity contribution in [3.8, 4) is 5.75 Å². The van der Waals surface area contributed by atoms with Crippen molar-refractivity contribution in [2.75, 3.05) is 19.4 Å². The molecule has 1 aromatic rings. The summed E-state index contributed by atoms with van der Waals surface area (Å²) < 4.78 is 5.49. The van der Waals surface area contributed by atoms with Gasteiger partial charge in [0.15, 0.2) is 0 Å². The van der Waals surface area contributed by atoms with E-state index in [1.54, 1.807) is 7.11 Å². The lowest BCUT2D eigenvalue weighted by Crippen LogP contribution is -2.41. The molecule has 1 unspecified atom stereocenters. The molecule has 1 aromatic carbocycles. The number of hydrogen-bond acceptors (Lipinski definition) is 4. The first-order valence-electron chi connectivity index (χ1n) is 7.89. The summed E-state index contributed by atoms with van der Waals surface area (Å²) >= 11 is 0. The molecular weight excluding hydrogens is 262 g/mol. The average molecular weight is 285 g/mol. The number of hydrogen-bond donors (Lipinski definition) is 2. The maximum Gasteiger partial charge on any atom is 0.149 e. The molecule has 0 bridgehead atoms. The van der Waals surface area contributed by atoms with E-state index in [1.807, 2.05) is 12.1 Å². The Kier molecular flexibility index (Phi) is 2.89. The van der Waals surface area contributed by atoms with Crippen LogP contribution in [0.3, 0.4) is 0 Å². The van der Waals surface area contributed by atoms with E-state index in [4.69, 9.17) is 10.5 Å². The van der Waals surface area contributed by atoms with Gasteiger partial charge in [0.1, 0.15) is 5.75 Å². The molecule has 4 rings (SSSR count). The molecule has 4 nitrogen and oxygen atoms in total. The number of para-hydroxylation sites is 1. The van der Waals surface area contributed by atoms with E-state index in [2.05, 4.69) is 22.7 Å². The van der Waals surface area contributed by atoms with Crippen LogP contribution in [0.5, 0.6) is 5.75 Å². The minimum atomic E-state index is 0.610. The van der Waals surface area contributed by atoms with Gasteiger partial charge in [-0.05, 0) is 42.7 Å². The number of benzene rings is 1. The molecule has 2 fully saturated rings. The van der Waals surface area contributed by atoms with Crippen LogP contribution in [0.25, 0.3) is 5.57 Å². The number of methoxy groups -OCH3 is 1. The Labute approximate surface area is 125 Å². The third-order valence-electron chi connectivity index (χ3n) is 5.43. The van der Waals surface area contributed by atoms with Crippen molar-refractivity contribution in [1.29, 1.82) is 0 Å². The fourth-order valence-electron chi connectivity index (χ4n) is 4.13. The molecule has 0 saturated heterocycles. The van der Waals surface area contributed by atoms with Crippen LogP contribution in [0.4, 0.5) is 5.69 Å². The van der Waals surface area contributed by atoms with Gasteiger partial charge in [0.2, 0.25) is 0 Å². The maximum absolute atomic E-state index is 6.02. The number of anilines is 1. The highest BCUT2D eigenvalue weighted by Crippen LogP contribution is 2.59. The highest BCUT2D eigenvalue weighted by atomic mass is 16.5. The van der Waals surface area contributed by atoms with Crippen molar-refractivity contribution in [3.63, 3.8) is 0 Å². The molecular formula is C17H23N3O. The Morgan fingerprint density at radius 1 is 1.33 bits per heavy atom. The Morgan fingerprint density at radius 2 is 2.19 bits per heavy atom. The number of nitrogens with two attached hydrogens (primary N) is 1. The van der Waals surface area contributed by atoms with Crippen molar-refractivity contribution in [2.45, 2.75) is 38.1 Å². The van der Waals surface area contributed by atoms with Crippen molar-refractivity contribution in [1.82, 2.24) is 10.4 Å². The first kappa shape index (κ1) is 13.0. The number of hydrazine groups is 1. The first-order valence-corrected chi connectivity index (χ1v) is 7.89. The fraction of sp³-hybridized carbons (Fsp3) is 0.529. The molecule has 2 saturated carbocycles. The van der Waals surface area contributed by atoms with Crippen molar-refractivity contribution < 1.29 is 4.74 Å². The van der Waals surface area contributed by atoms with Gasteiger partial charge in [0.25, 0.3) is 0 Å². The van der Waals surface area contributed by atoms with E-state index in [-0.39, 0.29) is 0 Å². The molecule has 0 amide bonds. The van der Waals surface area contributed by atoms with Crippen LogP contribution in [0.2, 0.25) is 0 Å². The Hall–Kier alpha value is -1.68. The summed E-state index contributed by atoms with van der Waals surface area (Å²) in [5.74, 6) is 0.792. The van der Waals surface area contributed by atoms with Crippen LogP contribution in [0.1, 0.15) is 37.7 Å². The Morgan fingerprint density at radius 3 is 2.95 bits per heavy atom. The second-order valence-corrected chi connectivity index (χ2v) is 6.59. The van der Waals surface area contributed by atoms with E-state index in [0.717, 1.165) is 17.9 Å². The van der Waals surface area contributed by atoms with E-state index < -0.39 is 0 Å². The molecule has 0 aromatic heterocycles. The normalized spacial score (nSPS) is 26.2. The smallest absolute Gasteiger partial charge is 0.149 e. The highest BCUT2D eigenvalue weighted by molar-refractivity contribution is 5.77. The topological polar surface area (TPSA) is 50.5 Å². The van der Waals surface area contributed by atoms with E-state index in [0.29, 0.717) is 17.1 Å². The second-order valence-electron chi connectivity index (χ2n) is 6.59. The van der Waals surface area contributed by atoms with Gasteiger partial charge in [-0.15, -0.1) is 0 Å². The van der Waals surface area contributed by atoms with Gasteiger partial charge in [-0.25, -0.2) is 5.43 Å². The molecule has 1 atom stereocenters. The molecule has 1 aliphatic heterocycles. The molecule has 21 heavy (non-hydrogen) atoms. The number of ether oxygens (including phenoxy) is 1. The number of nitrogens with one attached hydrogen (secondary N) is 1. The third-order valence-corrected chi connectivity index (χ3v) is 5.43. The van der Waals surface area contributed by atoms with Gasteiger partial charge in [0.05, 0.1) is 18.8 Å². The van der Waals surface area contributed by atoms with Crippen LogP contribution >= 0.6 is 0 Å². The van der Waals surface area contributed by atoms with Crippen LogP contribution in [0.15, 0.2) is 24.4 Å². The third kappa shape index (κ3) is 2.01. The lowest BCUT2D eigenvalue weighted by atomic mass is 10.0. The number of rotatable bonds is 3. The quantitative estimate of drug-likeness (QED) is 0.839. The van der Waals surface area contributed by atoms with Crippen molar-refractivity contribution in [3.05, 3.63) is 30.0 Å². The Bertz CT molecular complexity index is 592. The summed E-state index contributed by atoms with van der Waals surface area (Å²) in [5, 5.41) is 2.36. The van der Waals surface area contributed by atoms with Gasteiger partial charge < -0.3 is 15.5 Å². The van der Waals surface area contributed by atoms with Crippen LogP contribution in [-0.4, -0.2) is 24.7 Å². The standard InChI is InChI=1S/C17H23N3O/c1-21-16-13(4-2-5-14(16)18)12-10-19-20(11-12)15-6-3-7-17(15)8-9-17/h2,4-5,11,15,19H,3,6-10,18H2,1H3. The van der Waals surface area contributed by atoms with Gasteiger partial charge in [-0.2, -0.15) is 0 Å². The molecule has 0 radical (unpaired) electrons. The summed E-state index contributed by atoms with van der Waals surface area (Å²) in [6.45, 7) is 0.854. The SMILES string of the molecule is COc1c(N)cccc1C1=CN(C2CCCC23CC3)NC1. The summed E-state index contributed by atoms with van der Waals surface area (Å²) in [5.41, 5.74) is 13.3. The van der Waals surface area contributed by atoms with Crippen molar-refractivity contribution in [2.24, 2.45) is 5.41 Å². The molecule has 112 valence electrons. The summed E-state index contributed by atoms with van der Waals surface area (Å²) in [7, 11) is 1.69. The molecule has 3 aliphatic rings.